The summed E-state index contributed by atoms with van der Waals surface area (Å²) < 4.78 is 27.7. The Balaban J connectivity index is 1.21. The number of sulfonamides is 1. The van der Waals surface area contributed by atoms with E-state index >= 15 is 0 Å². The quantitative estimate of drug-likeness (QED) is 0.556. The van der Waals surface area contributed by atoms with Gasteiger partial charge in [0.2, 0.25) is 15.9 Å². The predicted molar refractivity (Wildman–Crippen MR) is 138 cm³/mol. The lowest BCUT2D eigenvalue weighted by Gasteiger charge is -2.36. The molecule has 8 nitrogen and oxygen atoms in total. The van der Waals surface area contributed by atoms with E-state index < -0.39 is 10.0 Å². The van der Waals surface area contributed by atoms with Crippen LogP contribution >= 0.6 is 0 Å². The van der Waals surface area contributed by atoms with Gasteiger partial charge in [-0.2, -0.15) is 4.31 Å². The Morgan fingerprint density at radius 1 is 0.943 bits per heavy atom. The van der Waals surface area contributed by atoms with Crippen LogP contribution in [0.3, 0.4) is 0 Å². The van der Waals surface area contributed by atoms with E-state index in [1.807, 2.05) is 35.2 Å². The normalized spacial score (nSPS) is 19.0. The van der Waals surface area contributed by atoms with E-state index in [0.717, 1.165) is 25.3 Å². The minimum atomic E-state index is -3.49. The molecule has 1 unspecified atom stereocenters. The summed E-state index contributed by atoms with van der Waals surface area (Å²) in [4.78, 5) is 23.8. The molecule has 2 aromatic rings. The van der Waals surface area contributed by atoms with Crippen LogP contribution in [0, 0.1) is 0 Å². The van der Waals surface area contributed by atoms with Gasteiger partial charge < -0.3 is 14.7 Å². The van der Waals surface area contributed by atoms with Crippen LogP contribution < -0.4 is 4.90 Å². The van der Waals surface area contributed by atoms with Gasteiger partial charge in [0.25, 0.3) is 0 Å². The standard InChI is InChI=1S/C26H37N5O3S/c1-3-22(2)23-7-9-24(10-8-23)35(33,34)31-20-14-28(15-21-31)13-11-26(32)30-18-16-29(17-19-30)25-6-4-5-12-27-25/h4-10,12,22H,3,11,13-21H2,1-2H3. The number of carbonyl (C=O) groups excluding carboxylic acids is 1. The number of anilines is 1. The van der Waals surface area contributed by atoms with Crippen molar-refractivity contribution in [1.29, 1.82) is 0 Å². The van der Waals surface area contributed by atoms with Gasteiger partial charge in [-0.3, -0.25) is 4.79 Å². The van der Waals surface area contributed by atoms with Crippen molar-refractivity contribution in [3.05, 3.63) is 54.2 Å². The fourth-order valence-electron chi connectivity index (χ4n) is 4.68. The van der Waals surface area contributed by atoms with Gasteiger partial charge in [0.1, 0.15) is 5.82 Å². The van der Waals surface area contributed by atoms with E-state index in [2.05, 4.69) is 28.6 Å². The molecule has 1 aromatic carbocycles. The summed E-state index contributed by atoms with van der Waals surface area (Å²) in [6.07, 6.45) is 3.28. The number of hydrogen-bond donors (Lipinski definition) is 0. The molecule has 0 aliphatic carbocycles. The molecule has 2 fully saturated rings. The van der Waals surface area contributed by atoms with Crippen LogP contribution in [0.2, 0.25) is 0 Å². The summed E-state index contributed by atoms with van der Waals surface area (Å²) in [7, 11) is -3.49. The van der Waals surface area contributed by atoms with E-state index in [-0.39, 0.29) is 5.91 Å². The number of hydrogen-bond acceptors (Lipinski definition) is 6. The molecule has 35 heavy (non-hydrogen) atoms. The Morgan fingerprint density at radius 3 is 2.23 bits per heavy atom. The van der Waals surface area contributed by atoms with Crippen molar-refractivity contribution in [2.75, 3.05) is 63.8 Å². The van der Waals surface area contributed by atoms with Crippen molar-refractivity contribution in [1.82, 2.24) is 19.1 Å². The van der Waals surface area contributed by atoms with Crippen molar-refractivity contribution in [2.24, 2.45) is 0 Å². The lowest BCUT2D eigenvalue weighted by Crippen LogP contribution is -2.51. The fourth-order valence-corrected chi connectivity index (χ4v) is 6.11. The third kappa shape index (κ3) is 6.20. The van der Waals surface area contributed by atoms with Gasteiger partial charge in [-0.05, 0) is 42.2 Å². The first kappa shape index (κ1) is 25.6. The van der Waals surface area contributed by atoms with E-state index in [4.69, 9.17) is 0 Å². The third-order valence-electron chi connectivity index (χ3n) is 7.28. The van der Waals surface area contributed by atoms with Gasteiger partial charge in [0.05, 0.1) is 4.90 Å². The van der Waals surface area contributed by atoms with E-state index in [0.29, 0.717) is 63.0 Å². The highest BCUT2D eigenvalue weighted by Crippen LogP contribution is 2.23. The molecular formula is C26H37N5O3S. The number of carbonyl (C=O) groups is 1. The minimum absolute atomic E-state index is 0.169. The predicted octanol–water partition coefficient (Wildman–Crippen LogP) is 2.64. The molecule has 2 aliphatic rings. The van der Waals surface area contributed by atoms with E-state index in [1.54, 1.807) is 22.6 Å². The lowest BCUT2D eigenvalue weighted by molar-refractivity contribution is -0.131. The number of nitrogens with zero attached hydrogens (tertiary/aromatic N) is 5. The highest BCUT2D eigenvalue weighted by Gasteiger charge is 2.29. The van der Waals surface area contributed by atoms with Crippen LogP contribution in [0.1, 0.15) is 38.2 Å². The monoisotopic (exact) mass is 499 g/mol. The van der Waals surface area contributed by atoms with Crippen LogP contribution in [0.15, 0.2) is 53.6 Å². The molecule has 4 rings (SSSR count). The summed E-state index contributed by atoms with van der Waals surface area (Å²) in [6.45, 7) is 10.1. The molecule has 0 N–H and O–H groups in total. The van der Waals surface area contributed by atoms with Gasteiger partial charge in [0, 0.05) is 71.5 Å². The number of rotatable bonds is 8. The van der Waals surface area contributed by atoms with Crippen LogP contribution in [0.25, 0.3) is 0 Å². The smallest absolute Gasteiger partial charge is 0.243 e. The van der Waals surface area contributed by atoms with Crippen molar-refractivity contribution in [3.63, 3.8) is 0 Å². The van der Waals surface area contributed by atoms with E-state index in [1.165, 1.54) is 5.56 Å². The maximum Gasteiger partial charge on any atom is 0.243 e. The molecule has 1 atom stereocenters. The Bertz CT molecular complexity index is 1060. The fraction of sp³-hybridized carbons (Fsp3) is 0.538. The van der Waals surface area contributed by atoms with Crippen LogP contribution in [-0.2, 0) is 14.8 Å². The maximum atomic E-state index is 13.1. The zero-order valence-corrected chi connectivity index (χ0v) is 21.7. The number of pyridine rings is 1. The van der Waals surface area contributed by atoms with Crippen molar-refractivity contribution in [3.8, 4) is 0 Å². The number of piperazine rings is 2. The minimum Gasteiger partial charge on any atom is -0.353 e. The Hall–Kier alpha value is -2.49. The van der Waals surface area contributed by atoms with E-state index in [9.17, 15) is 13.2 Å². The van der Waals surface area contributed by atoms with Gasteiger partial charge >= 0.3 is 0 Å². The summed E-state index contributed by atoms with van der Waals surface area (Å²) in [6, 6.07) is 13.2. The SMILES string of the molecule is CCC(C)c1ccc(S(=O)(=O)N2CCN(CCC(=O)N3CCN(c4ccccn4)CC3)CC2)cc1. The molecule has 2 saturated heterocycles. The summed E-state index contributed by atoms with van der Waals surface area (Å²) >= 11 is 0. The highest BCUT2D eigenvalue weighted by atomic mass is 32.2. The Kier molecular flexibility index (Phi) is 8.41. The number of aromatic nitrogens is 1. The number of amides is 1. The lowest BCUT2D eigenvalue weighted by atomic mass is 9.99. The molecule has 3 heterocycles. The topological polar surface area (TPSA) is 77.1 Å². The van der Waals surface area contributed by atoms with Crippen molar-refractivity contribution >= 4 is 21.7 Å². The molecule has 1 aromatic heterocycles. The largest absolute Gasteiger partial charge is 0.353 e. The van der Waals surface area contributed by atoms with Gasteiger partial charge in [-0.1, -0.05) is 32.0 Å². The molecule has 2 aliphatic heterocycles. The molecular weight excluding hydrogens is 462 g/mol. The molecule has 0 radical (unpaired) electrons. The average molecular weight is 500 g/mol. The first-order valence-electron chi connectivity index (χ1n) is 12.6. The van der Waals surface area contributed by atoms with Crippen LogP contribution in [0.5, 0.6) is 0 Å². The van der Waals surface area contributed by atoms with Crippen molar-refractivity contribution < 1.29 is 13.2 Å². The van der Waals surface area contributed by atoms with Crippen LogP contribution in [-0.4, -0.2) is 92.3 Å². The molecule has 1 amide bonds. The first-order chi connectivity index (χ1) is 16.9. The third-order valence-corrected chi connectivity index (χ3v) is 9.19. The Morgan fingerprint density at radius 2 is 1.63 bits per heavy atom. The summed E-state index contributed by atoms with van der Waals surface area (Å²) in [5.74, 6) is 1.55. The van der Waals surface area contributed by atoms with Crippen LogP contribution in [0.4, 0.5) is 5.82 Å². The zero-order chi connectivity index (χ0) is 24.8. The molecule has 9 heteroatoms. The van der Waals surface area contributed by atoms with Gasteiger partial charge in [-0.15, -0.1) is 0 Å². The van der Waals surface area contributed by atoms with Crippen molar-refractivity contribution in [2.45, 2.75) is 37.5 Å². The second-order valence-corrected chi connectivity index (χ2v) is 11.4. The highest BCUT2D eigenvalue weighted by molar-refractivity contribution is 7.89. The maximum absolute atomic E-state index is 13.1. The number of benzene rings is 1. The molecule has 0 saturated carbocycles. The van der Waals surface area contributed by atoms with Gasteiger partial charge in [0.15, 0.2) is 0 Å². The second-order valence-electron chi connectivity index (χ2n) is 9.43. The average Bonchev–Trinajstić information content (AvgIpc) is 2.92. The van der Waals surface area contributed by atoms with Gasteiger partial charge in [-0.25, -0.2) is 13.4 Å². The molecule has 0 spiro atoms. The summed E-state index contributed by atoms with van der Waals surface area (Å²) in [5, 5.41) is 0. The molecule has 190 valence electrons. The summed E-state index contributed by atoms with van der Waals surface area (Å²) in [5.41, 5.74) is 1.17. The molecule has 0 bridgehead atoms. The second kappa shape index (κ2) is 11.5. The Labute approximate surface area is 209 Å². The zero-order valence-electron chi connectivity index (χ0n) is 20.8. The first-order valence-corrected chi connectivity index (χ1v) is 14.1.